The minimum Gasteiger partial charge on any atom is -0.368 e. The summed E-state index contributed by atoms with van der Waals surface area (Å²) < 4.78 is 27.9. The summed E-state index contributed by atoms with van der Waals surface area (Å²) in [5.74, 6) is -1.13. The molecule has 30 heavy (non-hydrogen) atoms. The van der Waals surface area contributed by atoms with Crippen LogP contribution in [0.5, 0.6) is 0 Å². The number of nitrogens with two attached hydrogens (primary N) is 1. The number of pyridine rings is 1. The fourth-order valence-electron chi connectivity index (χ4n) is 4.32. The molecule has 3 N–H and O–H groups in total. The number of hydrogen-bond donors (Lipinski definition) is 2. The molecule has 1 saturated carbocycles. The standard InChI is InChI=1S/C23H28F2N4O/c1-22(2,15-4-5-15)28-21(30)19-12-27-11-18(14-8-16(24)10-17(25)9-14)20(19)29-7-6-23(3,26)13-29/h8-12,15H,4-7,13,26H2,1-3H3,(H,28,30)/t23-/m0/s1. The number of aromatic nitrogens is 1. The zero-order chi connectivity index (χ0) is 21.7. The highest BCUT2D eigenvalue weighted by Crippen LogP contribution is 2.41. The Morgan fingerprint density at radius 2 is 1.90 bits per heavy atom. The molecule has 1 aromatic heterocycles. The van der Waals surface area contributed by atoms with Gasteiger partial charge in [0, 0.05) is 48.2 Å². The lowest BCUT2D eigenvalue weighted by Gasteiger charge is -2.29. The second-order valence-corrected chi connectivity index (χ2v) is 9.52. The van der Waals surface area contributed by atoms with Gasteiger partial charge in [-0.3, -0.25) is 9.78 Å². The van der Waals surface area contributed by atoms with Gasteiger partial charge in [0.05, 0.1) is 11.3 Å². The van der Waals surface area contributed by atoms with Gasteiger partial charge >= 0.3 is 0 Å². The van der Waals surface area contributed by atoms with Crippen LogP contribution in [0.3, 0.4) is 0 Å². The number of carbonyl (C=O) groups is 1. The average Bonchev–Trinajstić information content (AvgIpc) is 3.44. The van der Waals surface area contributed by atoms with Crippen LogP contribution in [-0.4, -0.2) is 35.1 Å². The van der Waals surface area contributed by atoms with Gasteiger partial charge in [-0.1, -0.05) is 0 Å². The van der Waals surface area contributed by atoms with Crippen LogP contribution in [0.15, 0.2) is 30.6 Å². The van der Waals surface area contributed by atoms with Gasteiger partial charge in [0.1, 0.15) is 11.6 Å². The maximum atomic E-state index is 13.9. The Morgan fingerprint density at radius 1 is 1.23 bits per heavy atom. The first kappa shape index (κ1) is 20.7. The van der Waals surface area contributed by atoms with Crippen molar-refractivity contribution in [3.05, 3.63) is 47.8 Å². The molecule has 7 heteroatoms. The van der Waals surface area contributed by atoms with E-state index in [-0.39, 0.29) is 11.4 Å². The quantitative estimate of drug-likeness (QED) is 0.779. The largest absolute Gasteiger partial charge is 0.368 e. The molecule has 1 aliphatic carbocycles. The van der Waals surface area contributed by atoms with Crippen LogP contribution in [-0.2, 0) is 0 Å². The molecule has 5 nitrogen and oxygen atoms in total. The summed E-state index contributed by atoms with van der Waals surface area (Å²) >= 11 is 0. The molecule has 0 spiro atoms. The average molecular weight is 415 g/mol. The fourth-order valence-corrected chi connectivity index (χ4v) is 4.32. The van der Waals surface area contributed by atoms with Gasteiger partial charge in [0.2, 0.25) is 0 Å². The highest BCUT2D eigenvalue weighted by molar-refractivity contribution is 6.03. The van der Waals surface area contributed by atoms with E-state index in [4.69, 9.17) is 5.73 Å². The van der Waals surface area contributed by atoms with Crippen molar-refractivity contribution in [3.63, 3.8) is 0 Å². The van der Waals surface area contributed by atoms with E-state index in [2.05, 4.69) is 10.3 Å². The molecule has 4 rings (SSSR count). The van der Waals surface area contributed by atoms with Gasteiger partial charge in [0.15, 0.2) is 0 Å². The Morgan fingerprint density at radius 3 is 2.47 bits per heavy atom. The minimum absolute atomic E-state index is 0.237. The summed E-state index contributed by atoms with van der Waals surface area (Å²) in [6.45, 7) is 7.19. The third kappa shape index (κ3) is 4.17. The van der Waals surface area contributed by atoms with E-state index in [9.17, 15) is 13.6 Å². The number of carbonyl (C=O) groups excluding carboxylic acids is 1. The van der Waals surface area contributed by atoms with Gasteiger partial charge in [-0.25, -0.2) is 8.78 Å². The molecular formula is C23H28F2N4O. The highest BCUT2D eigenvalue weighted by atomic mass is 19.1. The summed E-state index contributed by atoms with van der Waals surface area (Å²) in [5.41, 5.74) is 7.47. The van der Waals surface area contributed by atoms with Gasteiger partial charge in [-0.05, 0) is 63.6 Å². The molecule has 160 valence electrons. The molecular weight excluding hydrogens is 386 g/mol. The number of benzene rings is 1. The first-order valence-electron chi connectivity index (χ1n) is 10.4. The number of amides is 1. The van der Waals surface area contributed by atoms with E-state index in [0.29, 0.717) is 41.4 Å². The zero-order valence-corrected chi connectivity index (χ0v) is 17.6. The third-order valence-electron chi connectivity index (χ3n) is 6.19. The summed E-state index contributed by atoms with van der Waals surface area (Å²) in [5, 5.41) is 3.14. The third-order valence-corrected chi connectivity index (χ3v) is 6.19. The van der Waals surface area contributed by atoms with Crippen LogP contribution in [0, 0.1) is 17.6 Å². The van der Waals surface area contributed by atoms with Crippen LogP contribution in [0.2, 0.25) is 0 Å². The Hall–Kier alpha value is -2.54. The van der Waals surface area contributed by atoms with Crippen LogP contribution < -0.4 is 16.0 Å². The Labute approximate surface area is 175 Å². The predicted octanol–water partition coefficient (Wildman–Crippen LogP) is 3.87. The predicted molar refractivity (Wildman–Crippen MR) is 113 cm³/mol. The van der Waals surface area contributed by atoms with E-state index in [0.717, 1.165) is 25.3 Å². The molecule has 1 aliphatic heterocycles. The number of nitrogens with zero attached hydrogens (tertiary/aromatic N) is 2. The summed E-state index contributed by atoms with van der Waals surface area (Å²) in [4.78, 5) is 19.6. The second kappa shape index (κ2) is 7.30. The normalized spacial score (nSPS) is 21.7. The first-order valence-corrected chi connectivity index (χ1v) is 10.4. The van der Waals surface area contributed by atoms with Crippen molar-refractivity contribution < 1.29 is 13.6 Å². The lowest BCUT2D eigenvalue weighted by molar-refractivity contribution is 0.0903. The molecule has 1 amide bonds. The Bertz CT molecular complexity index is 965. The molecule has 0 unspecified atom stereocenters. The van der Waals surface area contributed by atoms with E-state index < -0.39 is 17.2 Å². The molecule has 2 aliphatic rings. The zero-order valence-electron chi connectivity index (χ0n) is 17.6. The van der Waals surface area contributed by atoms with Crippen molar-refractivity contribution in [3.8, 4) is 11.1 Å². The molecule has 2 fully saturated rings. The van der Waals surface area contributed by atoms with Crippen LogP contribution in [0.4, 0.5) is 14.5 Å². The van der Waals surface area contributed by atoms with E-state index in [1.807, 2.05) is 25.7 Å². The van der Waals surface area contributed by atoms with Crippen molar-refractivity contribution >= 4 is 11.6 Å². The smallest absolute Gasteiger partial charge is 0.255 e. The van der Waals surface area contributed by atoms with Gasteiger partial charge in [-0.15, -0.1) is 0 Å². The number of halogens is 2. The fraction of sp³-hybridized carbons (Fsp3) is 0.478. The number of nitrogens with one attached hydrogen (secondary N) is 1. The second-order valence-electron chi connectivity index (χ2n) is 9.52. The summed E-state index contributed by atoms with van der Waals surface area (Å²) in [7, 11) is 0. The topological polar surface area (TPSA) is 71.2 Å². The van der Waals surface area contributed by atoms with E-state index >= 15 is 0 Å². The molecule has 2 aromatic rings. The number of anilines is 1. The lowest BCUT2D eigenvalue weighted by atomic mass is 9.96. The van der Waals surface area contributed by atoms with Gasteiger partial charge in [0.25, 0.3) is 5.91 Å². The van der Waals surface area contributed by atoms with Crippen LogP contribution in [0.25, 0.3) is 11.1 Å². The Kier molecular flexibility index (Phi) is 5.04. The summed E-state index contributed by atoms with van der Waals surface area (Å²) in [6.07, 6.45) is 6.02. The number of hydrogen-bond acceptors (Lipinski definition) is 4. The van der Waals surface area contributed by atoms with Crippen LogP contribution >= 0.6 is 0 Å². The molecule has 1 saturated heterocycles. The first-order chi connectivity index (χ1) is 14.1. The SMILES string of the molecule is CC(C)(NC(=O)c1cncc(-c2cc(F)cc(F)c2)c1N1CC[C@](C)(N)C1)C1CC1. The monoisotopic (exact) mass is 414 g/mol. The Balaban J connectivity index is 1.80. The van der Waals surface area contributed by atoms with Crippen molar-refractivity contribution in [1.29, 1.82) is 0 Å². The highest BCUT2D eigenvalue weighted by Gasteiger charge is 2.40. The van der Waals surface area contributed by atoms with E-state index in [1.54, 1.807) is 6.20 Å². The maximum Gasteiger partial charge on any atom is 0.255 e. The number of rotatable bonds is 5. The van der Waals surface area contributed by atoms with E-state index in [1.165, 1.54) is 18.3 Å². The van der Waals surface area contributed by atoms with Gasteiger partial charge < -0.3 is 16.0 Å². The molecule has 2 heterocycles. The van der Waals surface area contributed by atoms with Crippen molar-refractivity contribution in [2.24, 2.45) is 11.7 Å². The minimum atomic E-state index is -0.675. The van der Waals surface area contributed by atoms with Crippen molar-refractivity contribution in [1.82, 2.24) is 10.3 Å². The van der Waals surface area contributed by atoms with Crippen molar-refractivity contribution in [2.45, 2.75) is 51.1 Å². The molecule has 1 aromatic carbocycles. The van der Waals surface area contributed by atoms with Crippen LogP contribution in [0.1, 0.15) is 50.4 Å². The van der Waals surface area contributed by atoms with Gasteiger partial charge in [-0.2, -0.15) is 0 Å². The molecule has 0 bridgehead atoms. The molecule has 0 radical (unpaired) electrons. The van der Waals surface area contributed by atoms with Crippen molar-refractivity contribution in [2.75, 3.05) is 18.0 Å². The lowest BCUT2D eigenvalue weighted by Crippen LogP contribution is -2.46. The maximum absolute atomic E-state index is 13.9. The molecule has 1 atom stereocenters. The summed E-state index contributed by atoms with van der Waals surface area (Å²) in [6, 6.07) is 3.35.